The van der Waals surface area contributed by atoms with Crippen molar-refractivity contribution in [2.45, 2.75) is 45.6 Å². The molecule has 1 aliphatic carbocycles. The van der Waals surface area contributed by atoms with Crippen molar-refractivity contribution in [1.82, 2.24) is 0 Å². The van der Waals surface area contributed by atoms with Crippen molar-refractivity contribution >= 4 is 17.5 Å². The number of carbonyl (C=O) groups excluding carboxylic acids is 1. The fraction of sp³-hybridized carbons (Fsp3) is 0.562. The average Bonchev–Trinajstić information content (AvgIpc) is 2.37. The van der Waals surface area contributed by atoms with Gasteiger partial charge in [-0.05, 0) is 50.5 Å². The van der Waals surface area contributed by atoms with E-state index in [1.54, 1.807) is 6.92 Å². The highest BCUT2D eigenvalue weighted by atomic mass is 16.5. The van der Waals surface area contributed by atoms with Crippen LogP contribution in [0.25, 0.3) is 0 Å². The minimum Gasteiger partial charge on any atom is -0.450 e. The van der Waals surface area contributed by atoms with Gasteiger partial charge in [-0.25, -0.2) is 4.79 Å². The number of hydrogen-bond donors (Lipinski definition) is 2. The summed E-state index contributed by atoms with van der Waals surface area (Å²) in [5.74, 6) is 0.905. The molecular weight excluding hydrogens is 252 g/mol. The average molecular weight is 276 g/mol. The lowest BCUT2D eigenvalue weighted by Gasteiger charge is -2.28. The van der Waals surface area contributed by atoms with Crippen LogP contribution in [0.4, 0.5) is 16.2 Å². The van der Waals surface area contributed by atoms with Gasteiger partial charge in [0.1, 0.15) is 0 Å². The summed E-state index contributed by atoms with van der Waals surface area (Å²) in [6, 6.07) is 8.23. The molecule has 0 aliphatic heterocycles. The van der Waals surface area contributed by atoms with Crippen LogP contribution in [-0.4, -0.2) is 18.7 Å². The van der Waals surface area contributed by atoms with Crippen LogP contribution in [0.1, 0.15) is 39.5 Å². The normalized spacial score (nSPS) is 16.1. The Labute approximate surface area is 120 Å². The van der Waals surface area contributed by atoms with Crippen LogP contribution in [0.5, 0.6) is 0 Å². The first-order valence-electron chi connectivity index (χ1n) is 7.47. The van der Waals surface area contributed by atoms with E-state index in [2.05, 4.69) is 17.6 Å². The smallest absolute Gasteiger partial charge is 0.411 e. The molecule has 20 heavy (non-hydrogen) atoms. The van der Waals surface area contributed by atoms with E-state index in [4.69, 9.17) is 4.74 Å². The summed E-state index contributed by atoms with van der Waals surface area (Å²) < 4.78 is 4.84. The Balaban J connectivity index is 1.79. The Morgan fingerprint density at radius 2 is 1.95 bits per heavy atom. The molecule has 0 aromatic heterocycles. The number of hydrogen-bond acceptors (Lipinski definition) is 3. The van der Waals surface area contributed by atoms with Gasteiger partial charge in [-0.1, -0.05) is 19.3 Å². The molecule has 2 N–H and O–H groups in total. The first kappa shape index (κ1) is 14.7. The third kappa shape index (κ3) is 4.44. The second kappa shape index (κ2) is 7.17. The maximum atomic E-state index is 11.3. The lowest BCUT2D eigenvalue weighted by atomic mass is 9.81. The number of nitrogens with one attached hydrogen (secondary N) is 2. The molecule has 1 saturated carbocycles. The van der Waals surface area contributed by atoms with E-state index >= 15 is 0 Å². The summed E-state index contributed by atoms with van der Waals surface area (Å²) >= 11 is 0. The molecule has 0 bridgehead atoms. The summed E-state index contributed by atoms with van der Waals surface area (Å²) in [5, 5.41) is 6.19. The maximum Gasteiger partial charge on any atom is 0.411 e. The monoisotopic (exact) mass is 276 g/mol. The van der Waals surface area contributed by atoms with Gasteiger partial charge in [0.15, 0.2) is 0 Å². The summed E-state index contributed by atoms with van der Waals surface area (Å²) in [7, 11) is 0. The number of amides is 1. The molecule has 1 amide bonds. The van der Waals surface area contributed by atoms with Gasteiger partial charge in [-0.2, -0.15) is 0 Å². The van der Waals surface area contributed by atoms with Crippen molar-refractivity contribution in [2.75, 3.05) is 17.2 Å². The van der Waals surface area contributed by atoms with Crippen LogP contribution in [0.15, 0.2) is 24.3 Å². The number of ether oxygens (including phenoxy) is 1. The van der Waals surface area contributed by atoms with Gasteiger partial charge in [0.25, 0.3) is 0 Å². The highest BCUT2D eigenvalue weighted by Crippen LogP contribution is 2.31. The standard InChI is InChI=1S/C16H24N2O2/c1-3-20-16(19)18-15-9-7-14(8-10-15)17-12(2)11-13-5-4-6-13/h7-10,12-13,17H,3-6,11H2,1-2H3,(H,18,19). The van der Waals surface area contributed by atoms with Crippen molar-refractivity contribution in [3.63, 3.8) is 0 Å². The SMILES string of the molecule is CCOC(=O)Nc1ccc(NC(C)CC2CCC2)cc1. The maximum absolute atomic E-state index is 11.3. The molecular formula is C16H24N2O2. The summed E-state index contributed by atoms with van der Waals surface area (Å²) in [6.07, 6.45) is 4.99. The fourth-order valence-corrected chi connectivity index (χ4v) is 2.51. The van der Waals surface area contributed by atoms with Crippen LogP contribution in [0.3, 0.4) is 0 Å². The summed E-state index contributed by atoms with van der Waals surface area (Å²) in [4.78, 5) is 11.3. The van der Waals surface area contributed by atoms with E-state index < -0.39 is 6.09 Å². The van der Waals surface area contributed by atoms with Gasteiger partial charge in [-0.15, -0.1) is 0 Å². The van der Waals surface area contributed by atoms with E-state index in [-0.39, 0.29) is 0 Å². The van der Waals surface area contributed by atoms with E-state index in [1.165, 1.54) is 25.7 Å². The number of benzene rings is 1. The molecule has 0 heterocycles. The van der Waals surface area contributed by atoms with Gasteiger partial charge in [-0.3, -0.25) is 5.32 Å². The molecule has 1 atom stereocenters. The fourth-order valence-electron chi connectivity index (χ4n) is 2.51. The second-order valence-electron chi connectivity index (χ2n) is 5.50. The predicted octanol–water partition coefficient (Wildman–Crippen LogP) is 4.25. The number of anilines is 2. The molecule has 1 aromatic rings. The molecule has 1 unspecified atom stereocenters. The Morgan fingerprint density at radius 3 is 2.50 bits per heavy atom. The van der Waals surface area contributed by atoms with E-state index in [1.807, 2.05) is 24.3 Å². The van der Waals surface area contributed by atoms with E-state index in [0.717, 1.165) is 17.3 Å². The van der Waals surface area contributed by atoms with Gasteiger partial charge >= 0.3 is 6.09 Å². The quantitative estimate of drug-likeness (QED) is 0.816. The third-order valence-corrected chi connectivity index (χ3v) is 3.73. The third-order valence-electron chi connectivity index (χ3n) is 3.73. The lowest BCUT2D eigenvalue weighted by Crippen LogP contribution is -2.23. The molecule has 110 valence electrons. The largest absolute Gasteiger partial charge is 0.450 e. The Bertz CT molecular complexity index is 427. The molecule has 1 aromatic carbocycles. The van der Waals surface area contributed by atoms with Crippen LogP contribution >= 0.6 is 0 Å². The van der Waals surface area contributed by atoms with Crippen molar-refractivity contribution < 1.29 is 9.53 Å². The molecule has 0 radical (unpaired) electrons. The van der Waals surface area contributed by atoms with E-state index in [9.17, 15) is 4.79 Å². The molecule has 1 fully saturated rings. The highest BCUT2D eigenvalue weighted by molar-refractivity contribution is 5.84. The zero-order valence-electron chi connectivity index (χ0n) is 12.3. The molecule has 1 aliphatic rings. The van der Waals surface area contributed by atoms with Crippen LogP contribution in [-0.2, 0) is 4.74 Å². The predicted molar refractivity (Wildman–Crippen MR) is 82.1 cm³/mol. The van der Waals surface area contributed by atoms with Gasteiger partial charge in [0, 0.05) is 17.4 Å². The molecule has 4 nitrogen and oxygen atoms in total. The van der Waals surface area contributed by atoms with Gasteiger partial charge in [0.05, 0.1) is 6.61 Å². The molecule has 0 spiro atoms. The highest BCUT2D eigenvalue weighted by Gasteiger charge is 2.19. The molecule has 4 heteroatoms. The molecule has 2 rings (SSSR count). The number of carbonyl (C=O) groups is 1. The van der Waals surface area contributed by atoms with Crippen molar-refractivity contribution in [3.8, 4) is 0 Å². The summed E-state index contributed by atoms with van der Waals surface area (Å²) in [6.45, 7) is 4.39. The van der Waals surface area contributed by atoms with Crippen LogP contribution in [0, 0.1) is 5.92 Å². The van der Waals surface area contributed by atoms with Crippen molar-refractivity contribution in [3.05, 3.63) is 24.3 Å². The zero-order chi connectivity index (χ0) is 14.4. The van der Waals surface area contributed by atoms with Crippen molar-refractivity contribution in [2.24, 2.45) is 5.92 Å². The van der Waals surface area contributed by atoms with Gasteiger partial charge in [0.2, 0.25) is 0 Å². The van der Waals surface area contributed by atoms with E-state index in [0.29, 0.717) is 12.6 Å². The topological polar surface area (TPSA) is 50.4 Å². The zero-order valence-corrected chi connectivity index (χ0v) is 12.3. The van der Waals surface area contributed by atoms with Gasteiger partial charge < -0.3 is 10.1 Å². The second-order valence-corrected chi connectivity index (χ2v) is 5.50. The van der Waals surface area contributed by atoms with Crippen molar-refractivity contribution in [1.29, 1.82) is 0 Å². The number of rotatable bonds is 6. The molecule has 0 saturated heterocycles. The first-order valence-corrected chi connectivity index (χ1v) is 7.47. The first-order chi connectivity index (χ1) is 9.67. The lowest BCUT2D eigenvalue weighted by molar-refractivity contribution is 0.168. The van der Waals surface area contributed by atoms with Crippen LogP contribution in [0.2, 0.25) is 0 Å². The Kier molecular flexibility index (Phi) is 5.27. The minimum atomic E-state index is -0.411. The van der Waals surface area contributed by atoms with Crippen LogP contribution < -0.4 is 10.6 Å². The summed E-state index contributed by atoms with van der Waals surface area (Å²) in [5.41, 5.74) is 1.84. The Hall–Kier alpha value is -1.71. The Morgan fingerprint density at radius 1 is 1.30 bits per heavy atom. The minimum absolute atomic E-state index is 0.379.